The molecule has 0 spiro atoms. The van der Waals surface area contributed by atoms with E-state index in [-0.39, 0.29) is 4.90 Å². The molecule has 18 heavy (non-hydrogen) atoms. The maximum absolute atomic E-state index is 12.2. The number of halogens is 1. The second-order valence-corrected chi connectivity index (χ2v) is 7.35. The van der Waals surface area contributed by atoms with Gasteiger partial charge in [-0.15, -0.1) is 0 Å². The smallest absolute Gasteiger partial charge is 0.240 e. The Kier molecular flexibility index (Phi) is 5.19. The molecule has 0 aromatic heterocycles. The molecule has 0 heterocycles. The minimum absolute atomic E-state index is 0.234. The van der Waals surface area contributed by atoms with Crippen LogP contribution in [0.25, 0.3) is 0 Å². The normalized spacial score (nSPS) is 12.1. The molecule has 102 valence electrons. The van der Waals surface area contributed by atoms with E-state index in [4.69, 9.17) is 5.73 Å². The molecule has 1 aromatic carbocycles. The highest BCUT2D eigenvalue weighted by Gasteiger charge is 2.18. The van der Waals surface area contributed by atoms with E-state index in [0.29, 0.717) is 28.2 Å². The highest BCUT2D eigenvalue weighted by atomic mass is 79.9. The lowest BCUT2D eigenvalue weighted by molar-refractivity contribution is 0.551. The second kappa shape index (κ2) is 6.04. The SMILES string of the molecule is Cc1c(N)cc(Br)cc1S(=O)(=O)NCCC(C)C. The summed E-state index contributed by atoms with van der Waals surface area (Å²) in [6, 6.07) is 3.27. The van der Waals surface area contributed by atoms with Gasteiger partial charge in [-0.2, -0.15) is 0 Å². The number of hydrogen-bond donors (Lipinski definition) is 2. The van der Waals surface area contributed by atoms with Gasteiger partial charge < -0.3 is 5.73 Å². The van der Waals surface area contributed by atoms with Gasteiger partial charge in [0.15, 0.2) is 0 Å². The highest BCUT2D eigenvalue weighted by Crippen LogP contribution is 2.26. The van der Waals surface area contributed by atoms with E-state index >= 15 is 0 Å². The van der Waals surface area contributed by atoms with Crippen molar-refractivity contribution in [3.63, 3.8) is 0 Å². The first kappa shape index (κ1) is 15.5. The minimum Gasteiger partial charge on any atom is -0.398 e. The first-order valence-electron chi connectivity index (χ1n) is 5.79. The number of nitrogen functional groups attached to an aromatic ring is 1. The van der Waals surface area contributed by atoms with Gasteiger partial charge in [-0.05, 0) is 37.0 Å². The summed E-state index contributed by atoms with van der Waals surface area (Å²) in [6.45, 7) is 6.25. The Bertz CT molecular complexity index is 527. The highest BCUT2D eigenvalue weighted by molar-refractivity contribution is 9.10. The van der Waals surface area contributed by atoms with Crippen LogP contribution in [0.5, 0.6) is 0 Å². The lowest BCUT2D eigenvalue weighted by atomic mass is 10.1. The van der Waals surface area contributed by atoms with Gasteiger partial charge in [-0.3, -0.25) is 0 Å². The average molecular weight is 335 g/mol. The number of nitrogens with one attached hydrogen (secondary N) is 1. The Morgan fingerprint density at radius 1 is 1.39 bits per heavy atom. The molecule has 0 saturated heterocycles. The number of benzene rings is 1. The van der Waals surface area contributed by atoms with Crippen molar-refractivity contribution in [3.8, 4) is 0 Å². The quantitative estimate of drug-likeness (QED) is 0.813. The Morgan fingerprint density at radius 3 is 2.56 bits per heavy atom. The Morgan fingerprint density at radius 2 is 2.00 bits per heavy atom. The van der Waals surface area contributed by atoms with Crippen molar-refractivity contribution in [2.75, 3.05) is 12.3 Å². The fourth-order valence-electron chi connectivity index (χ4n) is 1.51. The largest absolute Gasteiger partial charge is 0.398 e. The van der Waals surface area contributed by atoms with Gasteiger partial charge >= 0.3 is 0 Å². The Labute approximate surface area is 117 Å². The van der Waals surface area contributed by atoms with Gasteiger partial charge in [0.05, 0.1) is 4.90 Å². The van der Waals surface area contributed by atoms with Crippen LogP contribution in [0.4, 0.5) is 5.69 Å². The van der Waals surface area contributed by atoms with Gasteiger partial charge in [0, 0.05) is 16.7 Å². The summed E-state index contributed by atoms with van der Waals surface area (Å²) in [7, 11) is -3.49. The van der Waals surface area contributed by atoms with Crippen LogP contribution in [-0.4, -0.2) is 15.0 Å². The molecule has 0 unspecified atom stereocenters. The molecule has 0 aliphatic rings. The van der Waals surface area contributed by atoms with Crippen LogP contribution in [0.2, 0.25) is 0 Å². The molecule has 1 rings (SSSR count). The fourth-order valence-corrected chi connectivity index (χ4v) is 3.49. The van der Waals surface area contributed by atoms with Crippen LogP contribution >= 0.6 is 15.9 Å². The van der Waals surface area contributed by atoms with E-state index in [2.05, 4.69) is 34.5 Å². The summed E-state index contributed by atoms with van der Waals surface area (Å²) in [6.07, 6.45) is 0.807. The predicted molar refractivity (Wildman–Crippen MR) is 77.9 cm³/mol. The molecular weight excluding hydrogens is 316 g/mol. The van der Waals surface area contributed by atoms with E-state index in [1.165, 1.54) is 0 Å². The molecule has 0 fully saturated rings. The summed E-state index contributed by atoms with van der Waals surface area (Å²) in [5.41, 5.74) is 6.82. The molecule has 0 aliphatic carbocycles. The zero-order chi connectivity index (χ0) is 13.9. The first-order chi connectivity index (χ1) is 8.24. The van der Waals surface area contributed by atoms with Crippen LogP contribution in [0, 0.1) is 12.8 Å². The molecular formula is C12H19BrN2O2S. The van der Waals surface area contributed by atoms with Crippen molar-refractivity contribution in [1.29, 1.82) is 0 Å². The lowest BCUT2D eigenvalue weighted by Crippen LogP contribution is -2.26. The van der Waals surface area contributed by atoms with E-state index in [9.17, 15) is 8.42 Å². The molecule has 0 aliphatic heterocycles. The zero-order valence-corrected chi connectivity index (χ0v) is 13.2. The molecule has 0 radical (unpaired) electrons. The third-order valence-electron chi connectivity index (χ3n) is 2.67. The maximum atomic E-state index is 12.2. The number of sulfonamides is 1. The monoisotopic (exact) mass is 334 g/mol. The summed E-state index contributed by atoms with van der Waals surface area (Å²) < 4.78 is 27.6. The van der Waals surface area contributed by atoms with Crippen LogP contribution in [-0.2, 0) is 10.0 Å². The van der Waals surface area contributed by atoms with Crippen molar-refractivity contribution < 1.29 is 8.42 Å². The van der Waals surface area contributed by atoms with Gasteiger partial charge in [0.1, 0.15) is 0 Å². The molecule has 6 heteroatoms. The van der Waals surface area contributed by atoms with Crippen molar-refractivity contribution in [2.24, 2.45) is 5.92 Å². The molecule has 3 N–H and O–H groups in total. The molecule has 0 amide bonds. The van der Waals surface area contributed by atoms with Gasteiger partial charge in [-0.1, -0.05) is 29.8 Å². The number of nitrogens with two attached hydrogens (primary N) is 1. The second-order valence-electron chi connectivity index (χ2n) is 4.70. The third-order valence-corrected chi connectivity index (χ3v) is 4.71. The molecule has 4 nitrogen and oxygen atoms in total. The van der Waals surface area contributed by atoms with Crippen molar-refractivity contribution in [1.82, 2.24) is 4.72 Å². The zero-order valence-electron chi connectivity index (χ0n) is 10.8. The fraction of sp³-hybridized carbons (Fsp3) is 0.500. The minimum atomic E-state index is -3.49. The average Bonchev–Trinajstić information content (AvgIpc) is 2.22. The number of hydrogen-bond acceptors (Lipinski definition) is 3. The lowest BCUT2D eigenvalue weighted by Gasteiger charge is -2.12. The predicted octanol–water partition coefficient (Wildman–Crippen LogP) is 2.66. The topological polar surface area (TPSA) is 72.2 Å². The standard InChI is InChI=1S/C12H19BrN2O2S/c1-8(2)4-5-15-18(16,17)12-7-10(13)6-11(14)9(12)3/h6-8,15H,4-5,14H2,1-3H3. The van der Waals surface area contributed by atoms with E-state index < -0.39 is 10.0 Å². The van der Waals surface area contributed by atoms with Gasteiger partial charge in [-0.25, -0.2) is 13.1 Å². The Hall–Kier alpha value is -0.590. The summed E-state index contributed by atoms with van der Waals surface area (Å²) in [5, 5.41) is 0. The van der Waals surface area contributed by atoms with E-state index in [1.807, 2.05) is 0 Å². The van der Waals surface area contributed by atoms with Crippen molar-refractivity contribution >= 4 is 31.6 Å². The van der Waals surface area contributed by atoms with Gasteiger partial charge in [0.2, 0.25) is 10.0 Å². The van der Waals surface area contributed by atoms with Crippen LogP contribution in [0.15, 0.2) is 21.5 Å². The van der Waals surface area contributed by atoms with Crippen molar-refractivity contribution in [3.05, 3.63) is 22.2 Å². The van der Waals surface area contributed by atoms with Crippen molar-refractivity contribution in [2.45, 2.75) is 32.1 Å². The van der Waals surface area contributed by atoms with Crippen LogP contribution in [0.1, 0.15) is 25.8 Å². The summed E-state index contributed by atoms with van der Waals surface area (Å²) in [5.74, 6) is 0.460. The third kappa shape index (κ3) is 3.96. The maximum Gasteiger partial charge on any atom is 0.240 e. The number of anilines is 1. The Balaban J connectivity index is 2.98. The summed E-state index contributed by atoms with van der Waals surface area (Å²) in [4.78, 5) is 0.234. The van der Waals surface area contributed by atoms with Crippen LogP contribution < -0.4 is 10.5 Å². The van der Waals surface area contributed by atoms with E-state index in [0.717, 1.165) is 6.42 Å². The van der Waals surface area contributed by atoms with E-state index in [1.54, 1.807) is 19.1 Å². The molecule has 0 bridgehead atoms. The molecule has 1 aromatic rings. The molecule has 0 atom stereocenters. The van der Waals surface area contributed by atoms with Gasteiger partial charge in [0.25, 0.3) is 0 Å². The van der Waals surface area contributed by atoms with Crippen LogP contribution in [0.3, 0.4) is 0 Å². The summed E-state index contributed by atoms with van der Waals surface area (Å²) >= 11 is 3.26. The number of rotatable bonds is 5. The molecule has 0 saturated carbocycles. The first-order valence-corrected chi connectivity index (χ1v) is 8.07.